The van der Waals surface area contributed by atoms with Crippen molar-refractivity contribution in [3.05, 3.63) is 77.9 Å². The third-order valence-electron chi connectivity index (χ3n) is 4.53. The Kier molecular flexibility index (Phi) is 6.01. The minimum atomic E-state index is -4.59. The van der Waals surface area contributed by atoms with Crippen molar-refractivity contribution < 1.29 is 43.0 Å². The Morgan fingerprint density at radius 3 is 1.75 bits per heavy atom. The number of fused-ring (bicyclic) bond motifs is 2. The highest BCUT2D eigenvalue weighted by atomic mass is 32.2. The number of hydrogen-bond acceptors (Lipinski definition) is 6. The molecule has 0 aliphatic heterocycles. The number of aromatic carboxylic acids is 2. The van der Waals surface area contributed by atoms with Gasteiger partial charge < -0.3 is 20.4 Å². The molecular formula is C22H16O9S. The highest BCUT2D eigenvalue weighted by Crippen LogP contribution is 2.31. The molecule has 0 radical (unpaired) electrons. The second-order valence-corrected chi connectivity index (χ2v) is 8.04. The summed E-state index contributed by atoms with van der Waals surface area (Å²) in [6.07, 6.45) is 0. The number of phenols is 2. The molecule has 0 fully saturated rings. The molecule has 4 rings (SSSR count). The molecule has 4 aromatic rings. The lowest BCUT2D eigenvalue weighted by molar-refractivity contribution is 0.0686. The van der Waals surface area contributed by atoms with E-state index in [0.717, 1.165) is 16.8 Å². The van der Waals surface area contributed by atoms with E-state index in [1.54, 1.807) is 24.3 Å². The largest absolute Gasteiger partial charge is 0.508 e. The Hall–Kier alpha value is -4.15. The fourth-order valence-electron chi connectivity index (χ4n) is 3.06. The lowest BCUT2D eigenvalue weighted by atomic mass is 10.1. The Labute approximate surface area is 181 Å². The van der Waals surface area contributed by atoms with E-state index in [0.29, 0.717) is 5.39 Å². The maximum atomic E-state index is 11.2. The van der Waals surface area contributed by atoms with Crippen LogP contribution in [-0.4, -0.2) is 45.3 Å². The van der Waals surface area contributed by atoms with E-state index in [4.69, 9.17) is 14.8 Å². The standard InChI is InChI=1S/C11H8O6S.C11H8O3/c12-9-4-2-6-5-7(11(13)14)1-3-8(6)10(9)18(15,16)17;12-10-4-3-7-5-9(11(13)14)2-1-8(7)6-10/h1-5,12H,(H,13,14)(H,15,16,17);1-6,12H,(H,13,14). The van der Waals surface area contributed by atoms with Gasteiger partial charge in [-0.25, -0.2) is 9.59 Å². The fourth-order valence-corrected chi connectivity index (χ4v) is 3.86. The first-order chi connectivity index (χ1) is 15.0. The van der Waals surface area contributed by atoms with Gasteiger partial charge in [0.05, 0.1) is 11.1 Å². The van der Waals surface area contributed by atoms with Gasteiger partial charge in [-0.1, -0.05) is 24.3 Å². The van der Waals surface area contributed by atoms with Crippen molar-refractivity contribution in [2.45, 2.75) is 4.90 Å². The zero-order valence-corrected chi connectivity index (χ0v) is 16.9. The van der Waals surface area contributed by atoms with Gasteiger partial charge in [0.15, 0.2) is 0 Å². The van der Waals surface area contributed by atoms with E-state index < -0.39 is 32.7 Å². The molecule has 9 nitrogen and oxygen atoms in total. The SMILES string of the molecule is O=C(O)c1ccc2c(S(=O)(=O)O)c(O)ccc2c1.O=C(O)c1ccc2cc(O)ccc2c1. The zero-order chi connectivity index (χ0) is 23.6. The monoisotopic (exact) mass is 456 g/mol. The summed E-state index contributed by atoms with van der Waals surface area (Å²) in [7, 11) is -4.59. The predicted molar refractivity (Wildman–Crippen MR) is 115 cm³/mol. The quantitative estimate of drug-likeness (QED) is 0.288. The minimum Gasteiger partial charge on any atom is -0.508 e. The number of carboxylic acid groups (broad SMARTS) is 2. The molecule has 0 amide bonds. The lowest BCUT2D eigenvalue weighted by Gasteiger charge is -2.06. The average molecular weight is 456 g/mol. The predicted octanol–water partition coefficient (Wildman–Crippen LogP) is 3.73. The Morgan fingerprint density at radius 2 is 1.16 bits per heavy atom. The average Bonchev–Trinajstić information content (AvgIpc) is 2.72. The summed E-state index contributed by atoms with van der Waals surface area (Å²) < 4.78 is 31.4. The number of carbonyl (C=O) groups is 2. The van der Waals surface area contributed by atoms with E-state index in [2.05, 4.69) is 0 Å². The second kappa shape index (κ2) is 8.53. The number of carboxylic acids is 2. The first-order valence-corrected chi connectivity index (χ1v) is 10.3. The van der Waals surface area contributed by atoms with Crippen molar-refractivity contribution in [1.82, 2.24) is 0 Å². The Bertz CT molecular complexity index is 1470. The van der Waals surface area contributed by atoms with Gasteiger partial charge >= 0.3 is 11.9 Å². The number of rotatable bonds is 3. The summed E-state index contributed by atoms with van der Waals surface area (Å²) in [5.74, 6) is -2.51. The van der Waals surface area contributed by atoms with E-state index in [9.17, 15) is 28.2 Å². The molecule has 0 bridgehead atoms. The van der Waals surface area contributed by atoms with Crippen molar-refractivity contribution >= 4 is 43.6 Å². The third kappa shape index (κ3) is 4.77. The summed E-state index contributed by atoms with van der Waals surface area (Å²) in [6, 6.07) is 15.7. The Balaban J connectivity index is 0.000000186. The summed E-state index contributed by atoms with van der Waals surface area (Å²) >= 11 is 0. The smallest absolute Gasteiger partial charge is 0.335 e. The van der Waals surface area contributed by atoms with Crippen LogP contribution in [0.2, 0.25) is 0 Å². The number of aromatic hydroxyl groups is 2. The van der Waals surface area contributed by atoms with Gasteiger partial charge in [-0.05, 0) is 58.6 Å². The molecule has 0 unspecified atom stereocenters. The molecule has 0 aliphatic rings. The maximum absolute atomic E-state index is 11.2. The maximum Gasteiger partial charge on any atom is 0.335 e. The third-order valence-corrected chi connectivity index (χ3v) is 5.47. The van der Waals surface area contributed by atoms with Crippen LogP contribution in [0.25, 0.3) is 21.5 Å². The highest BCUT2D eigenvalue weighted by Gasteiger charge is 2.19. The normalized spacial score (nSPS) is 11.0. The van der Waals surface area contributed by atoms with Gasteiger partial charge in [-0.2, -0.15) is 8.42 Å². The van der Waals surface area contributed by atoms with Crippen molar-refractivity contribution in [1.29, 1.82) is 0 Å². The van der Waals surface area contributed by atoms with Crippen LogP contribution >= 0.6 is 0 Å². The molecule has 0 saturated carbocycles. The van der Waals surface area contributed by atoms with E-state index >= 15 is 0 Å². The van der Waals surface area contributed by atoms with Gasteiger partial charge in [-0.15, -0.1) is 0 Å². The van der Waals surface area contributed by atoms with E-state index in [1.807, 2.05) is 0 Å². The summed E-state index contributed by atoms with van der Waals surface area (Å²) in [4.78, 5) is 20.8. The first-order valence-electron chi connectivity index (χ1n) is 8.90. The molecule has 0 aliphatic carbocycles. The van der Waals surface area contributed by atoms with E-state index in [-0.39, 0.29) is 22.3 Å². The van der Waals surface area contributed by atoms with Gasteiger partial charge in [0.1, 0.15) is 16.4 Å². The number of benzene rings is 4. The molecule has 4 aromatic carbocycles. The summed E-state index contributed by atoms with van der Waals surface area (Å²) in [5, 5.41) is 38.2. The summed E-state index contributed by atoms with van der Waals surface area (Å²) in [6.45, 7) is 0. The first kappa shape index (κ1) is 22.5. The molecule has 0 aromatic heterocycles. The topological polar surface area (TPSA) is 169 Å². The second-order valence-electron chi connectivity index (χ2n) is 6.68. The van der Waals surface area contributed by atoms with Crippen LogP contribution < -0.4 is 0 Å². The molecule has 0 saturated heterocycles. The van der Waals surface area contributed by atoms with Gasteiger partial charge in [0.25, 0.3) is 10.1 Å². The molecule has 0 spiro atoms. The van der Waals surface area contributed by atoms with Crippen molar-refractivity contribution in [3.63, 3.8) is 0 Å². The Morgan fingerprint density at radius 1 is 0.656 bits per heavy atom. The number of hydrogen-bond donors (Lipinski definition) is 5. The lowest BCUT2D eigenvalue weighted by Crippen LogP contribution is -2.01. The van der Waals surface area contributed by atoms with Crippen molar-refractivity contribution in [2.24, 2.45) is 0 Å². The molecule has 164 valence electrons. The number of phenolic OH excluding ortho intramolecular Hbond substituents is 2. The summed E-state index contributed by atoms with van der Waals surface area (Å²) in [5.41, 5.74) is 0.234. The molecule has 0 atom stereocenters. The molecule has 32 heavy (non-hydrogen) atoms. The van der Waals surface area contributed by atoms with Crippen molar-refractivity contribution in [3.8, 4) is 11.5 Å². The molecule has 5 N–H and O–H groups in total. The van der Waals surface area contributed by atoms with E-state index in [1.165, 1.54) is 36.4 Å². The van der Waals surface area contributed by atoms with Gasteiger partial charge in [-0.3, -0.25) is 4.55 Å². The molecule has 0 heterocycles. The van der Waals surface area contributed by atoms with Crippen LogP contribution in [0.4, 0.5) is 0 Å². The highest BCUT2D eigenvalue weighted by molar-refractivity contribution is 7.86. The van der Waals surface area contributed by atoms with Crippen LogP contribution in [0.3, 0.4) is 0 Å². The van der Waals surface area contributed by atoms with Crippen LogP contribution in [0.5, 0.6) is 11.5 Å². The van der Waals surface area contributed by atoms with Crippen LogP contribution in [-0.2, 0) is 10.1 Å². The van der Waals surface area contributed by atoms with Gasteiger partial charge in [0, 0.05) is 5.39 Å². The zero-order valence-electron chi connectivity index (χ0n) is 16.1. The van der Waals surface area contributed by atoms with Crippen LogP contribution in [0.15, 0.2) is 71.6 Å². The fraction of sp³-hybridized carbons (Fsp3) is 0. The van der Waals surface area contributed by atoms with Gasteiger partial charge in [0.2, 0.25) is 0 Å². The van der Waals surface area contributed by atoms with Crippen molar-refractivity contribution in [2.75, 3.05) is 0 Å². The van der Waals surface area contributed by atoms with Crippen LogP contribution in [0, 0.1) is 0 Å². The molecule has 10 heteroatoms. The van der Waals surface area contributed by atoms with Crippen LogP contribution in [0.1, 0.15) is 20.7 Å². The molecular weight excluding hydrogens is 440 g/mol. The minimum absolute atomic E-state index is 0.0190.